The smallest absolute Gasteiger partial charge is 0.139 e. The molecular weight excluding hydrogens is 295 g/mol. The van der Waals surface area contributed by atoms with Crippen molar-refractivity contribution in [2.24, 2.45) is 0 Å². The first-order valence-electron chi connectivity index (χ1n) is 6.32. The first-order valence-corrected chi connectivity index (χ1v) is 7.08. The van der Waals surface area contributed by atoms with Crippen LogP contribution < -0.4 is 10.6 Å². The van der Waals surface area contributed by atoms with Crippen LogP contribution in [0.1, 0.15) is 18.3 Å². The van der Waals surface area contributed by atoms with Gasteiger partial charge in [0.05, 0.1) is 10.0 Å². The molecule has 2 N–H and O–H groups in total. The van der Waals surface area contributed by atoms with Crippen LogP contribution in [0.15, 0.2) is 18.2 Å². The average molecular weight is 311 g/mol. The van der Waals surface area contributed by atoms with E-state index in [-0.39, 0.29) is 0 Å². The van der Waals surface area contributed by atoms with Gasteiger partial charge in [-0.1, -0.05) is 30.1 Å². The molecule has 0 unspecified atom stereocenters. The zero-order valence-electron chi connectivity index (χ0n) is 11.6. The lowest BCUT2D eigenvalue weighted by atomic mass is 10.2. The monoisotopic (exact) mass is 310 g/mol. The van der Waals surface area contributed by atoms with Gasteiger partial charge in [0.15, 0.2) is 0 Å². The number of rotatable bonds is 4. The van der Waals surface area contributed by atoms with Crippen molar-refractivity contribution >= 4 is 40.5 Å². The summed E-state index contributed by atoms with van der Waals surface area (Å²) in [4.78, 5) is 8.94. The second kappa shape index (κ2) is 6.29. The van der Waals surface area contributed by atoms with Crippen LogP contribution in [0.25, 0.3) is 0 Å². The van der Waals surface area contributed by atoms with Gasteiger partial charge >= 0.3 is 0 Å². The summed E-state index contributed by atoms with van der Waals surface area (Å²) < 4.78 is 0. The van der Waals surface area contributed by atoms with Gasteiger partial charge in [-0.3, -0.25) is 0 Å². The molecule has 0 atom stereocenters. The van der Waals surface area contributed by atoms with Gasteiger partial charge in [0, 0.05) is 24.7 Å². The molecule has 2 rings (SSSR count). The number of aryl methyl sites for hydroxylation is 1. The summed E-state index contributed by atoms with van der Waals surface area (Å²) in [5.74, 6) is 2.36. The molecule has 0 amide bonds. The standard InChI is InChI=1S/C14H16Cl2N4/c1-4-12-19-13(17-3)8(2)14(20-12)18-9-5-6-10(15)11(16)7-9/h5-7H,4H2,1-3H3,(H2,17,18,19,20). The minimum Gasteiger partial charge on any atom is -0.373 e. The van der Waals surface area contributed by atoms with Crippen LogP contribution in [-0.4, -0.2) is 17.0 Å². The molecule has 1 aromatic heterocycles. The minimum atomic E-state index is 0.507. The topological polar surface area (TPSA) is 49.8 Å². The van der Waals surface area contributed by atoms with Crippen LogP contribution in [-0.2, 0) is 6.42 Å². The van der Waals surface area contributed by atoms with Crippen molar-refractivity contribution in [2.45, 2.75) is 20.3 Å². The van der Waals surface area contributed by atoms with E-state index in [0.29, 0.717) is 10.0 Å². The number of benzene rings is 1. The molecule has 4 nitrogen and oxygen atoms in total. The molecule has 0 radical (unpaired) electrons. The van der Waals surface area contributed by atoms with E-state index in [9.17, 15) is 0 Å². The maximum atomic E-state index is 6.02. The normalized spacial score (nSPS) is 10.4. The molecule has 0 aliphatic rings. The molecule has 0 saturated heterocycles. The van der Waals surface area contributed by atoms with Crippen LogP contribution in [0, 0.1) is 6.92 Å². The van der Waals surface area contributed by atoms with Gasteiger partial charge in [0.2, 0.25) is 0 Å². The number of nitrogens with one attached hydrogen (secondary N) is 2. The highest BCUT2D eigenvalue weighted by atomic mass is 35.5. The molecule has 1 aromatic carbocycles. The molecule has 0 fully saturated rings. The summed E-state index contributed by atoms with van der Waals surface area (Å²) in [6.07, 6.45) is 0.769. The zero-order valence-corrected chi connectivity index (χ0v) is 13.1. The molecule has 106 valence electrons. The van der Waals surface area contributed by atoms with Gasteiger partial charge in [-0.2, -0.15) is 0 Å². The van der Waals surface area contributed by atoms with E-state index in [2.05, 4.69) is 20.6 Å². The third-order valence-electron chi connectivity index (χ3n) is 2.93. The Morgan fingerprint density at radius 1 is 1.10 bits per heavy atom. The number of anilines is 3. The number of hydrogen-bond donors (Lipinski definition) is 2. The van der Waals surface area contributed by atoms with Gasteiger partial charge in [-0.25, -0.2) is 9.97 Å². The third kappa shape index (κ3) is 3.14. The summed E-state index contributed by atoms with van der Waals surface area (Å²) in [6.45, 7) is 3.98. The van der Waals surface area contributed by atoms with Crippen molar-refractivity contribution in [1.29, 1.82) is 0 Å². The molecule has 1 heterocycles. The summed E-state index contributed by atoms with van der Waals surface area (Å²) in [5, 5.41) is 7.37. The van der Waals surface area contributed by atoms with Crippen molar-refractivity contribution in [3.63, 3.8) is 0 Å². The summed E-state index contributed by atoms with van der Waals surface area (Å²) in [6, 6.07) is 5.39. The first-order chi connectivity index (χ1) is 9.55. The molecular formula is C14H16Cl2N4. The van der Waals surface area contributed by atoms with Crippen LogP contribution in [0.5, 0.6) is 0 Å². The fourth-order valence-corrected chi connectivity index (χ4v) is 2.09. The van der Waals surface area contributed by atoms with E-state index < -0.39 is 0 Å². The quantitative estimate of drug-likeness (QED) is 0.876. The fourth-order valence-electron chi connectivity index (χ4n) is 1.80. The number of nitrogens with zero attached hydrogens (tertiary/aromatic N) is 2. The largest absolute Gasteiger partial charge is 0.373 e. The highest BCUT2D eigenvalue weighted by Crippen LogP contribution is 2.28. The number of halogens is 2. The van der Waals surface area contributed by atoms with Crippen molar-refractivity contribution < 1.29 is 0 Å². The predicted octanol–water partition coefficient (Wildman–Crippen LogP) is 4.44. The van der Waals surface area contributed by atoms with Gasteiger partial charge in [-0.15, -0.1) is 0 Å². The molecule has 2 aromatic rings. The van der Waals surface area contributed by atoms with Gasteiger partial charge in [0.25, 0.3) is 0 Å². The number of hydrogen-bond acceptors (Lipinski definition) is 4. The summed E-state index contributed by atoms with van der Waals surface area (Å²) in [7, 11) is 1.84. The molecule has 0 spiro atoms. The van der Waals surface area contributed by atoms with Crippen LogP contribution in [0.4, 0.5) is 17.3 Å². The lowest BCUT2D eigenvalue weighted by Gasteiger charge is -2.13. The predicted molar refractivity (Wildman–Crippen MR) is 85.4 cm³/mol. The van der Waals surface area contributed by atoms with Crippen molar-refractivity contribution in [3.8, 4) is 0 Å². The maximum Gasteiger partial charge on any atom is 0.139 e. The Morgan fingerprint density at radius 2 is 1.80 bits per heavy atom. The zero-order chi connectivity index (χ0) is 14.7. The molecule has 0 aliphatic heterocycles. The fraction of sp³-hybridized carbons (Fsp3) is 0.286. The van der Waals surface area contributed by atoms with Gasteiger partial charge < -0.3 is 10.6 Å². The van der Waals surface area contributed by atoms with Crippen LogP contribution >= 0.6 is 23.2 Å². The van der Waals surface area contributed by atoms with Crippen LogP contribution in [0.2, 0.25) is 10.0 Å². The molecule has 0 saturated carbocycles. The minimum absolute atomic E-state index is 0.507. The third-order valence-corrected chi connectivity index (χ3v) is 3.67. The Morgan fingerprint density at radius 3 is 2.40 bits per heavy atom. The Hall–Kier alpha value is -1.52. The Balaban J connectivity index is 2.39. The Bertz CT molecular complexity index is 629. The lowest BCUT2D eigenvalue weighted by Crippen LogP contribution is -2.06. The van der Waals surface area contributed by atoms with E-state index >= 15 is 0 Å². The van der Waals surface area contributed by atoms with E-state index in [1.54, 1.807) is 12.1 Å². The van der Waals surface area contributed by atoms with E-state index in [4.69, 9.17) is 23.2 Å². The summed E-state index contributed by atoms with van der Waals surface area (Å²) in [5.41, 5.74) is 1.79. The molecule has 0 aliphatic carbocycles. The summed E-state index contributed by atoms with van der Waals surface area (Å²) >= 11 is 11.9. The van der Waals surface area contributed by atoms with E-state index in [0.717, 1.165) is 35.1 Å². The lowest BCUT2D eigenvalue weighted by molar-refractivity contribution is 0.935. The number of aromatic nitrogens is 2. The van der Waals surface area contributed by atoms with Gasteiger partial charge in [-0.05, 0) is 25.1 Å². The first kappa shape index (κ1) is 14.9. The van der Waals surface area contributed by atoms with Crippen molar-refractivity contribution in [1.82, 2.24) is 9.97 Å². The Kier molecular flexibility index (Phi) is 4.68. The van der Waals surface area contributed by atoms with E-state index in [1.807, 2.05) is 27.0 Å². The highest BCUT2D eigenvalue weighted by molar-refractivity contribution is 6.42. The second-order valence-corrected chi connectivity index (χ2v) is 5.13. The Labute approximate surface area is 128 Å². The molecule has 6 heteroatoms. The maximum absolute atomic E-state index is 6.02. The SMILES string of the molecule is CCc1nc(NC)c(C)c(Nc2ccc(Cl)c(Cl)c2)n1. The van der Waals surface area contributed by atoms with Crippen molar-refractivity contribution in [2.75, 3.05) is 17.7 Å². The highest BCUT2D eigenvalue weighted by Gasteiger charge is 2.10. The van der Waals surface area contributed by atoms with E-state index in [1.165, 1.54) is 0 Å². The molecule has 20 heavy (non-hydrogen) atoms. The molecule has 0 bridgehead atoms. The second-order valence-electron chi connectivity index (χ2n) is 4.32. The van der Waals surface area contributed by atoms with Crippen molar-refractivity contribution in [3.05, 3.63) is 39.6 Å². The van der Waals surface area contributed by atoms with Crippen LogP contribution in [0.3, 0.4) is 0 Å². The van der Waals surface area contributed by atoms with Gasteiger partial charge in [0.1, 0.15) is 17.5 Å². The average Bonchev–Trinajstić information content (AvgIpc) is 2.45.